The third kappa shape index (κ3) is 3.71. The normalized spacial score (nSPS) is 16.0. The maximum atomic E-state index is 11.5. The van der Waals surface area contributed by atoms with Crippen molar-refractivity contribution in [2.24, 2.45) is 5.73 Å². The van der Waals surface area contributed by atoms with Gasteiger partial charge in [0.25, 0.3) is 0 Å². The summed E-state index contributed by atoms with van der Waals surface area (Å²) in [6, 6.07) is 12.6. The van der Waals surface area contributed by atoms with E-state index in [1.165, 1.54) is 6.07 Å². The molecule has 0 bridgehead atoms. The quantitative estimate of drug-likeness (QED) is 0.893. The van der Waals surface area contributed by atoms with Crippen LogP contribution in [0.4, 0.5) is 0 Å². The van der Waals surface area contributed by atoms with Crippen LogP contribution in [-0.4, -0.2) is 11.5 Å². The molecular formula is C21H22N2O3. The van der Waals surface area contributed by atoms with Crippen molar-refractivity contribution >= 4 is 5.91 Å². The molecule has 1 aliphatic rings. The third-order valence-electron chi connectivity index (χ3n) is 4.27. The Kier molecular flexibility index (Phi) is 4.71. The summed E-state index contributed by atoms with van der Waals surface area (Å²) in [7, 11) is 0. The molecule has 0 saturated heterocycles. The molecule has 5 heteroatoms. The molecule has 0 aromatic heterocycles. The molecule has 2 aromatic rings. The highest BCUT2D eigenvalue weighted by Crippen LogP contribution is 2.42. The Bertz CT molecular complexity index is 891. The fourth-order valence-corrected chi connectivity index (χ4v) is 3.24. The lowest BCUT2D eigenvalue weighted by Crippen LogP contribution is -2.21. The summed E-state index contributed by atoms with van der Waals surface area (Å²) in [6.07, 6.45) is 1.83. The number of ether oxygens (including phenoxy) is 2. The second-order valence-corrected chi connectivity index (χ2v) is 7.37. The highest BCUT2D eigenvalue weighted by molar-refractivity contribution is 5.95. The van der Waals surface area contributed by atoms with E-state index in [0.29, 0.717) is 5.75 Å². The fourth-order valence-electron chi connectivity index (χ4n) is 3.24. The first-order valence-electron chi connectivity index (χ1n) is 8.60. The summed E-state index contributed by atoms with van der Waals surface area (Å²) in [6.45, 7) is 6.15. The maximum Gasteiger partial charge on any atom is 0.250 e. The lowest BCUT2D eigenvalue weighted by Gasteiger charge is -2.25. The van der Waals surface area contributed by atoms with Gasteiger partial charge in [-0.3, -0.25) is 4.79 Å². The molecule has 0 saturated carbocycles. The summed E-state index contributed by atoms with van der Waals surface area (Å²) in [5.41, 5.74) is 7.80. The summed E-state index contributed by atoms with van der Waals surface area (Å²) >= 11 is 0. The number of amides is 1. The number of hydrogen-bond acceptors (Lipinski definition) is 4. The number of nitrogens with two attached hydrogens (primary N) is 1. The van der Waals surface area contributed by atoms with Crippen LogP contribution >= 0.6 is 0 Å². The number of fused-ring (bicyclic) bond motifs is 1. The summed E-state index contributed by atoms with van der Waals surface area (Å²) in [5.74, 6) is 0.568. The van der Waals surface area contributed by atoms with Gasteiger partial charge in [0.15, 0.2) is 0 Å². The Morgan fingerprint density at radius 1 is 1.27 bits per heavy atom. The van der Waals surface area contributed by atoms with Crippen LogP contribution in [0.25, 0.3) is 0 Å². The molecule has 134 valence electrons. The average Bonchev–Trinajstić information content (AvgIpc) is 2.97. The number of primary amides is 1. The molecule has 0 unspecified atom stereocenters. The molecule has 1 atom stereocenters. The minimum atomic E-state index is -0.649. The monoisotopic (exact) mass is 350 g/mol. The van der Waals surface area contributed by atoms with Gasteiger partial charge in [0.2, 0.25) is 5.91 Å². The van der Waals surface area contributed by atoms with Crippen LogP contribution < -0.4 is 10.5 Å². The van der Waals surface area contributed by atoms with Gasteiger partial charge in [-0.25, -0.2) is 0 Å². The van der Waals surface area contributed by atoms with Crippen molar-refractivity contribution in [3.05, 3.63) is 58.7 Å². The van der Waals surface area contributed by atoms with Crippen LogP contribution in [0.1, 0.15) is 60.3 Å². The Labute approximate surface area is 153 Å². The summed E-state index contributed by atoms with van der Waals surface area (Å²) in [5, 5.41) is 9.08. The van der Waals surface area contributed by atoms with Crippen LogP contribution in [0, 0.1) is 11.3 Å². The van der Waals surface area contributed by atoms with E-state index < -0.39 is 5.91 Å². The predicted molar refractivity (Wildman–Crippen MR) is 98.1 cm³/mol. The molecule has 3 rings (SSSR count). The maximum absolute atomic E-state index is 11.5. The van der Waals surface area contributed by atoms with Gasteiger partial charge < -0.3 is 15.2 Å². The van der Waals surface area contributed by atoms with Gasteiger partial charge in [-0.2, -0.15) is 5.26 Å². The lowest BCUT2D eigenvalue weighted by atomic mass is 10.1. The van der Waals surface area contributed by atoms with Gasteiger partial charge in [0, 0.05) is 5.56 Å². The zero-order valence-electron chi connectivity index (χ0n) is 15.2. The van der Waals surface area contributed by atoms with Crippen LogP contribution in [0.5, 0.6) is 11.5 Å². The first-order chi connectivity index (χ1) is 12.3. The molecule has 26 heavy (non-hydrogen) atoms. The third-order valence-corrected chi connectivity index (χ3v) is 4.27. The summed E-state index contributed by atoms with van der Waals surface area (Å²) in [4.78, 5) is 11.5. The van der Waals surface area contributed by atoms with Gasteiger partial charge in [0.05, 0.1) is 28.9 Å². The Morgan fingerprint density at radius 2 is 2.04 bits per heavy atom. The van der Waals surface area contributed by atoms with Crippen molar-refractivity contribution in [3.8, 4) is 17.6 Å². The summed E-state index contributed by atoms with van der Waals surface area (Å²) < 4.78 is 12.2. The Morgan fingerprint density at radius 3 is 2.69 bits per heavy atom. The molecule has 2 N–H and O–H groups in total. The molecule has 1 amide bonds. The number of hydrogen-bond donors (Lipinski definition) is 1. The van der Waals surface area contributed by atoms with Gasteiger partial charge in [-0.1, -0.05) is 12.1 Å². The molecule has 2 aromatic carbocycles. The van der Waals surface area contributed by atoms with Crippen LogP contribution in [0.3, 0.4) is 0 Å². The van der Waals surface area contributed by atoms with E-state index in [4.69, 9.17) is 20.5 Å². The number of carbonyl (C=O) groups is 1. The highest BCUT2D eigenvalue weighted by Gasteiger charge is 2.29. The van der Waals surface area contributed by atoms with Gasteiger partial charge in [-0.15, -0.1) is 0 Å². The number of carbonyl (C=O) groups excluding carboxylic acids is 1. The van der Waals surface area contributed by atoms with Gasteiger partial charge >= 0.3 is 0 Å². The van der Waals surface area contributed by atoms with E-state index in [-0.39, 0.29) is 22.8 Å². The second-order valence-electron chi connectivity index (χ2n) is 7.37. The van der Waals surface area contributed by atoms with E-state index in [2.05, 4.69) is 6.07 Å². The Hall–Kier alpha value is -2.84. The van der Waals surface area contributed by atoms with Crippen molar-refractivity contribution in [3.63, 3.8) is 0 Å². The van der Waals surface area contributed by atoms with Gasteiger partial charge in [-0.05, 0) is 63.4 Å². The van der Waals surface area contributed by atoms with Crippen LogP contribution in [0.2, 0.25) is 0 Å². The fraction of sp³-hybridized carbons (Fsp3) is 0.333. The van der Waals surface area contributed by atoms with Crippen LogP contribution in [-0.2, 0) is 11.2 Å². The van der Waals surface area contributed by atoms with E-state index >= 15 is 0 Å². The first kappa shape index (κ1) is 18.0. The van der Waals surface area contributed by atoms with Gasteiger partial charge in [0.1, 0.15) is 11.5 Å². The van der Waals surface area contributed by atoms with E-state index in [1.807, 2.05) is 39.0 Å². The second kappa shape index (κ2) is 6.81. The standard InChI is InChI=1S/C21H22N2O3/c1-21(2,3)26-19-10-9-16-15(19)5-4-6-18(16)25-14-8-7-13(12-22)17(11-14)20(23)24/h4-8,11,19H,9-10H2,1-3H3,(H2,23,24)/t19-/m1/s1. The number of benzene rings is 2. The molecule has 0 fully saturated rings. The molecular weight excluding hydrogens is 328 g/mol. The molecule has 1 aliphatic carbocycles. The zero-order chi connectivity index (χ0) is 18.9. The smallest absolute Gasteiger partial charge is 0.250 e. The molecule has 5 nitrogen and oxygen atoms in total. The van der Waals surface area contributed by atoms with Crippen molar-refractivity contribution in [2.45, 2.75) is 45.3 Å². The SMILES string of the molecule is CC(C)(C)O[C@@H]1CCc2c(Oc3ccc(C#N)c(C(N)=O)c3)cccc21. The topological polar surface area (TPSA) is 85.3 Å². The molecule has 0 aliphatic heterocycles. The zero-order valence-corrected chi connectivity index (χ0v) is 15.2. The van der Waals surface area contributed by atoms with Crippen molar-refractivity contribution in [2.75, 3.05) is 0 Å². The minimum Gasteiger partial charge on any atom is -0.457 e. The lowest BCUT2D eigenvalue weighted by molar-refractivity contribution is -0.0605. The Balaban J connectivity index is 1.90. The van der Waals surface area contributed by atoms with Crippen molar-refractivity contribution < 1.29 is 14.3 Å². The molecule has 0 spiro atoms. The van der Waals surface area contributed by atoms with Crippen molar-refractivity contribution in [1.29, 1.82) is 5.26 Å². The van der Waals surface area contributed by atoms with E-state index in [0.717, 1.165) is 29.7 Å². The highest BCUT2D eigenvalue weighted by atomic mass is 16.5. The van der Waals surface area contributed by atoms with Crippen LogP contribution in [0.15, 0.2) is 36.4 Å². The van der Waals surface area contributed by atoms with E-state index in [9.17, 15) is 4.79 Å². The largest absolute Gasteiger partial charge is 0.457 e. The molecule has 0 radical (unpaired) electrons. The number of nitriles is 1. The number of rotatable bonds is 4. The minimum absolute atomic E-state index is 0.0516. The molecule has 0 heterocycles. The van der Waals surface area contributed by atoms with Crippen molar-refractivity contribution in [1.82, 2.24) is 0 Å². The van der Waals surface area contributed by atoms with E-state index in [1.54, 1.807) is 12.1 Å². The predicted octanol–water partition coefficient (Wildman–Crippen LogP) is 4.25. The first-order valence-corrected chi connectivity index (χ1v) is 8.60. The number of nitrogens with zero attached hydrogens (tertiary/aromatic N) is 1. The average molecular weight is 350 g/mol.